The van der Waals surface area contributed by atoms with Crippen LogP contribution in [0.5, 0.6) is 0 Å². The number of carbonyl (C=O) groups excluding carboxylic acids is 12. The van der Waals surface area contributed by atoms with Crippen molar-refractivity contribution in [2.75, 3.05) is 6.61 Å². The molecule has 0 spiro atoms. The number of ketones is 2. The Morgan fingerprint density at radius 2 is 1.01 bits per heavy atom. The largest absolute Gasteiger partial charge is 2.00 e. The molecule has 0 aromatic heterocycles. The van der Waals surface area contributed by atoms with Crippen LogP contribution in [0.15, 0.2) is 80.2 Å². The number of aliphatic hydroxyl groups is 2. The van der Waals surface area contributed by atoms with Crippen LogP contribution >= 0.6 is 0 Å². The van der Waals surface area contributed by atoms with Crippen molar-refractivity contribution in [2.45, 2.75) is 216 Å². The molecule has 0 radical (unpaired) electrons. The monoisotopic (exact) mass is 1280 g/mol. The predicted octanol–water partition coefficient (Wildman–Crippen LogP) is 9.70. The standard InChI is InChI=1S/2C16H29NO.C10H16O.C8H12O.C6H8O.C2H3F3O.C2H3.4CO2.BrH.Mg/c2*1-7-12-9-10-13(8-2)16(6,11-12)14(18)17-15(3,4)5;1-3-8-5-6-9(4-2)10(11)7-8;1-2-7-5-3-4-6-8(7)9;7-6-4-2-1-3-5-6;3-2(4,5)1-6;1-2;4*2-1-3;;/h2*7,12-13H,1,8-11H2,2-6H3,(H,17,18);3,8,11H,1,4-7H2,2H3;4,6-7H,2-3,5H2,1H3;2,4H,1,3,5H2;6H,1H2;1H,2H2;;;;;1H;/q;;;;;;-1;;;;;;+2/p-1/t2*12-,13-,16+;;;;;;;;;;;/m11.........../s1. The molecule has 2 fully saturated rings. The van der Waals surface area contributed by atoms with E-state index in [1.165, 1.54) is 18.4 Å². The number of nitrogens with one attached hydrogen (secondary N) is 2. The molecule has 21 heteroatoms. The number of hydrogen-bond donors (Lipinski definition) is 4. The molecular weight excluding hydrogens is 1180 g/mol. The summed E-state index contributed by atoms with van der Waals surface area (Å²) in [4.78, 5) is 112. The van der Waals surface area contributed by atoms with Gasteiger partial charge in [0.25, 0.3) is 0 Å². The molecule has 5 aliphatic rings. The van der Waals surface area contributed by atoms with E-state index in [9.17, 15) is 37.5 Å². The van der Waals surface area contributed by atoms with Crippen LogP contribution in [0.1, 0.15) is 199 Å². The van der Waals surface area contributed by atoms with Crippen molar-refractivity contribution in [3.05, 3.63) is 86.8 Å². The van der Waals surface area contributed by atoms with E-state index in [1.54, 1.807) is 12.2 Å². The van der Waals surface area contributed by atoms with Crippen molar-refractivity contribution in [1.82, 2.24) is 10.6 Å². The van der Waals surface area contributed by atoms with Gasteiger partial charge in [0.2, 0.25) is 11.8 Å². The molecule has 0 saturated heterocycles. The molecular formula is C64H100BrF3MgN2O14. The number of alkyl halides is 3. The van der Waals surface area contributed by atoms with Crippen molar-refractivity contribution >= 4 is 71.0 Å². The van der Waals surface area contributed by atoms with Crippen LogP contribution in [0.2, 0.25) is 0 Å². The zero-order valence-corrected chi connectivity index (χ0v) is 55.9. The van der Waals surface area contributed by atoms with Gasteiger partial charge in [0.1, 0.15) is 6.61 Å². The van der Waals surface area contributed by atoms with Crippen LogP contribution in [0.25, 0.3) is 0 Å². The third-order valence-electron chi connectivity index (χ3n) is 14.2. The van der Waals surface area contributed by atoms with E-state index in [0.29, 0.717) is 47.0 Å². The Kier molecular flexibility index (Phi) is 62.6. The predicted molar refractivity (Wildman–Crippen MR) is 316 cm³/mol. The van der Waals surface area contributed by atoms with Gasteiger partial charge in [0.05, 0.1) is 5.76 Å². The van der Waals surface area contributed by atoms with Gasteiger partial charge in [-0.25, -0.2) is 0 Å². The van der Waals surface area contributed by atoms with Crippen molar-refractivity contribution in [3.8, 4) is 0 Å². The van der Waals surface area contributed by atoms with Crippen LogP contribution in [0.3, 0.4) is 0 Å². The SMILES string of the molecule is C=CC1CCC(CC)=C(O)C1.C=C[C@@H]1CC[C@@H](CC)[C@@](C)(C(=O)NC(C)(C)C)C1.C=C[C@@H]1CC[C@@H](CC)[C@@](C)(C(=O)NC(C)(C)C)C1.CCC1CCC=CC1=O.O=C1C=CCCC1.O=C=O.O=C=O.O=C=O.O=C=O.OCC(F)(F)F.[Br-].[CH-]=C.[Mg+2]. The Bertz CT molecular complexity index is 2020. The Hall–Kier alpha value is -5.22. The summed E-state index contributed by atoms with van der Waals surface area (Å²) in [6, 6.07) is 0. The number of carbonyl (C=O) groups is 4. The second-order valence-corrected chi connectivity index (χ2v) is 22.5. The van der Waals surface area contributed by atoms with Crippen LogP contribution < -0.4 is 27.6 Å². The fourth-order valence-corrected chi connectivity index (χ4v) is 9.78. The average Bonchev–Trinajstić information content (AvgIpc) is 3.63. The molecule has 2 saturated carbocycles. The summed E-state index contributed by atoms with van der Waals surface area (Å²) in [5, 5.41) is 23.1. The zero-order valence-electron chi connectivity index (χ0n) is 52.9. The van der Waals surface area contributed by atoms with Crippen molar-refractivity contribution in [3.63, 3.8) is 0 Å². The Labute approximate surface area is 532 Å². The average molecular weight is 1280 g/mol. The Morgan fingerprint density at radius 3 is 1.24 bits per heavy atom. The molecule has 8 atom stereocenters. The molecule has 0 bridgehead atoms. The first kappa shape index (κ1) is 96.1. The molecule has 2 amide bonds. The van der Waals surface area contributed by atoms with E-state index in [-0.39, 0.29) is 104 Å². The Morgan fingerprint density at radius 1 is 0.647 bits per heavy atom. The first-order valence-corrected chi connectivity index (χ1v) is 28.1. The molecule has 16 nitrogen and oxygen atoms in total. The van der Waals surface area contributed by atoms with Gasteiger partial charge in [-0.3, -0.25) is 25.8 Å². The molecule has 4 N–H and O–H groups in total. The topological polar surface area (TPSA) is 269 Å². The number of amides is 2. The smallest absolute Gasteiger partial charge is 1.00 e. The molecule has 5 rings (SSSR count). The van der Waals surface area contributed by atoms with Crippen molar-refractivity contribution in [2.24, 2.45) is 46.3 Å². The maximum Gasteiger partial charge on any atom is 2.00 e. The zero-order chi connectivity index (χ0) is 66.1. The van der Waals surface area contributed by atoms with Gasteiger partial charge >= 0.3 is 53.8 Å². The van der Waals surface area contributed by atoms with E-state index < -0.39 is 12.8 Å². The van der Waals surface area contributed by atoms with Crippen LogP contribution in [-0.4, -0.2) is 105 Å². The molecule has 5 aliphatic carbocycles. The molecule has 480 valence electrons. The molecule has 85 heavy (non-hydrogen) atoms. The summed E-state index contributed by atoms with van der Waals surface area (Å²) < 4.78 is 31.6. The number of rotatable bonds is 9. The summed E-state index contributed by atoms with van der Waals surface area (Å²) >= 11 is 0. The fourth-order valence-electron chi connectivity index (χ4n) is 9.78. The van der Waals surface area contributed by atoms with E-state index in [2.05, 4.69) is 85.1 Å². The maximum atomic E-state index is 12.6. The van der Waals surface area contributed by atoms with Gasteiger partial charge in [0.15, 0.2) is 11.6 Å². The second-order valence-electron chi connectivity index (χ2n) is 22.5. The molecule has 0 aromatic rings. The number of hydrogen-bond acceptors (Lipinski definition) is 14. The second kappa shape index (κ2) is 55.4. The third-order valence-corrected chi connectivity index (χ3v) is 14.2. The molecule has 0 aromatic carbocycles. The number of halogens is 4. The summed E-state index contributed by atoms with van der Waals surface area (Å²) in [6.45, 7) is 41.9. The van der Waals surface area contributed by atoms with E-state index in [1.807, 2.05) is 71.9 Å². The Balaban J connectivity index is -0.000000137. The maximum absolute atomic E-state index is 12.6. The van der Waals surface area contributed by atoms with Crippen LogP contribution in [0.4, 0.5) is 13.2 Å². The van der Waals surface area contributed by atoms with Gasteiger partial charge in [-0.15, -0.1) is 19.7 Å². The number of allylic oxidation sites excluding steroid dienone is 9. The minimum Gasteiger partial charge on any atom is -1.00 e. The summed E-state index contributed by atoms with van der Waals surface area (Å²) in [6.07, 6.45) is 28.6. The summed E-state index contributed by atoms with van der Waals surface area (Å²) in [5.74, 6) is 4.46. The first-order chi connectivity index (χ1) is 38.7. The van der Waals surface area contributed by atoms with Gasteiger partial charge < -0.3 is 44.4 Å². The van der Waals surface area contributed by atoms with Gasteiger partial charge in [-0.05, 0) is 179 Å². The molecule has 2 unspecified atom stereocenters. The van der Waals surface area contributed by atoms with E-state index >= 15 is 0 Å². The summed E-state index contributed by atoms with van der Waals surface area (Å²) in [5.41, 5.74) is 0.459. The molecule has 0 heterocycles. The van der Waals surface area contributed by atoms with Gasteiger partial charge in [-0.1, -0.05) is 84.8 Å². The van der Waals surface area contributed by atoms with E-state index in [4.69, 9.17) is 43.5 Å². The van der Waals surface area contributed by atoms with Gasteiger partial charge in [0, 0.05) is 40.7 Å². The van der Waals surface area contributed by atoms with E-state index in [0.717, 1.165) is 103 Å². The normalized spacial score (nSPS) is 23.0. The summed E-state index contributed by atoms with van der Waals surface area (Å²) in [7, 11) is 0. The minimum atomic E-state index is -4.40. The van der Waals surface area contributed by atoms with Crippen molar-refractivity contribution in [1.29, 1.82) is 0 Å². The van der Waals surface area contributed by atoms with Crippen molar-refractivity contribution < 1.29 is 97.9 Å². The minimum absolute atomic E-state index is 0. The quantitative estimate of drug-likeness (QED) is 0.0951. The fraction of sp³-hybridized carbons (Fsp3) is 0.656. The first-order valence-electron chi connectivity index (χ1n) is 28.1. The molecule has 0 aliphatic heterocycles. The number of aliphatic hydroxyl groups excluding tert-OH is 2. The third kappa shape index (κ3) is 48.6. The van der Waals surface area contributed by atoms with Gasteiger partial charge in [-0.2, -0.15) is 51.5 Å². The van der Waals surface area contributed by atoms with Crippen LogP contribution in [-0.2, 0) is 57.5 Å². The van der Waals surface area contributed by atoms with Crippen LogP contribution in [0, 0.1) is 52.9 Å².